The molecule has 0 radical (unpaired) electrons. The van der Waals surface area contributed by atoms with Gasteiger partial charge in [0.2, 0.25) is 5.88 Å². The Morgan fingerprint density at radius 3 is 2.64 bits per heavy atom. The molecule has 2 bridgehead atoms. The lowest BCUT2D eigenvalue weighted by Gasteiger charge is -2.43. The first-order valence-corrected chi connectivity index (χ1v) is 12.6. The van der Waals surface area contributed by atoms with Gasteiger partial charge in [-0.15, -0.1) is 0 Å². The minimum atomic E-state index is -4.77. The van der Waals surface area contributed by atoms with E-state index in [1.807, 2.05) is 6.92 Å². The van der Waals surface area contributed by atoms with Crippen molar-refractivity contribution in [2.24, 2.45) is 0 Å². The van der Waals surface area contributed by atoms with Gasteiger partial charge >= 0.3 is 6.18 Å². The van der Waals surface area contributed by atoms with Crippen LogP contribution in [0.2, 0.25) is 0 Å². The van der Waals surface area contributed by atoms with Crippen molar-refractivity contribution >= 4 is 38.2 Å². The number of anilines is 2. The molecule has 1 aromatic carbocycles. The molecule has 3 aromatic rings. The van der Waals surface area contributed by atoms with Crippen LogP contribution in [0.4, 0.5) is 29.1 Å². The van der Waals surface area contributed by atoms with Gasteiger partial charge in [0, 0.05) is 45.4 Å². The van der Waals surface area contributed by atoms with Gasteiger partial charge in [0.15, 0.2) is 5.82 Å². The van der Waals surface area contributed by atoms with Crippen molar-refractivity contribution in [2.45, 2.75) is 64.0 Å². The molecule has 6 nitrogen and oxygen atoms in total. The maximum Gasteiger partial charge on any atom is 0.418 e. The van der Waals surface area contributed by atoms with Crippen molar-refractivity contribution in [3.8, 4) is 17.1 Å². The van der Waals surface area contributed by atoms with E-state index in [0.717, 1.165) is 25.0 Å². The van der Waals surface area contributed by atoms with E-state index in [0.29, 0.717) is 29.0 Å². The van der Waals surface area contributed by atoms with E-state index in [9.17, 15) is 13.2 Å². The molecule has 5 heterocycles. The minimum Gasteiger partial charge on any atom is -0.472 e. The zero-order valence-corrected chi connectivity index (χ0v) is 21.4. The van der Waals surface area contributed by atoms with Crippen LogP contribution in [0.25, 0.3) is 22.0 Å². The number of pyridine rings is 2. The highest BCUT2D eigenvalue weighted by molar-refractivity contribution is 9.10. The van der Waals surface area contributed by atoms with Gasteiger partial charge in [-0.25, -0.2) is 14.4 Å². The molecule has 3 aliphatic heterocycles. The summed E-state index contributed by atoms with van der Waals surface area (Å²) in [5.74, 6) is -0.205. The van der Waals surface area contributed by atoms with Crippen LogP contribution in [0.1, 0.15) is 36.6 Å². The smallest absolute Gasteiger partial charge is 0.418 e. The standard InChI is InChI=1S/C25H24BrF4N5O/c1-9-10(2)32-23-18-17(9)20(27)21(14-6-12(31)7-15(26)19(14)25(28,29)30)34-24(18)36-11(3)22-16-5-4-13(33-16)8-35(22)23/h6-7,11,13,16,22,33H,4-5,8,31H2,1-3H3/t11-,13+,16-,22+/m0/s1. The summed E-state index contributed by atoms with van der Waals surface area (Å²) in [6, 6.07) is 2.63. The maximum atomic E-state index is 16.4. The summed E-state index contributed by atoms with van der Waals surface area (Å²) < 4.78 is 64.7. The van der Waals surface area contributed by atoms with Crippen LogP contribution >= 0.6 is 15.9 Å². The fourth-order valence-electron chi connectivity index (χ4n) is 6.05. The summed E-state index contributed by atoms with van der Waals surface area (Å²) in [7, 11) is 0. The molecule has 6 rings (SSSR count). The van der Waals surface area contributed by atoms with Gasteiger partial charge in [-0.3, -0.25) is 0 Å². The number of halogens is 5. The summed E-state index contributed by atoms with van der Waals surface area (Å²) in [6.07, 6.45) is -3.13. The normalized spacial score (nSPS) is 25.1. The Bertz CT molecular complexity index is 1430. The molecular weight excluding hydrogens is 542 g/mol. The highest BCUT2D eigenvalue weighted by atomic mass is 79.9. The fourth-order valence-corrected chi connectivity index (χ4v) is 6.75. The molecule has 0 spiro atoms. The molecule has 2 aromatic heterocycles. The van der Waals surface area contributed by atoms with Crippen molar-refractivity contribution in [1.29, 1.82) is 0 Å². The summed E-state index contributed by atoms with van der Waals surface area (Å²) >= 11 is 2.97. The molecule has 4 atom stereocenters. The molecule has 0 saturated carbocycles. The van der Waals surface area contributed by atoms with E-state index >= 15 is 4.39 Å². The predicted molar refractivity (Wildman–Crippen MR) is 133 cm³/mol. The van der Waals surface area contributed by atoms with Gasteiger partial charge in [0.1, 0.15) is 17.6 Å². The zero-order chi connectivity index (χ0) is 25.7. The number of benzene rings is 1. The fraction of sp³-hybridized carbons (Fsp3) is 0.440. The summed E-state index contributed by atoms with van der Waals surface area (Å²) in [5.41, 5.74) is 5.13. The van der Waals surface area contributed by atoms with Gasteiger partial charge in [-0.2, -0.15) is 13.2 Å². The third-order valence-electron chi connectivity index (χ3n) is 7.69. The number of hydrogen-bond donors (Lipinski definition) is 2. The Kier molecular flexibility index (Phi) is 5.22. The minimum absolute atomic E-state index is 0.0499. The first-order chi connectivity index (χ1) is 17.0. The second-order valence-electron chi connectivity index (χ2n) is 9.91. The van der Waals surface area contributed by atoms with Gasteiger partial charge in [-0.05, 0) is 51.3 Å². The molecule has 2 saturated heterocycles. The van der Waals surface area contributed by atoms with E-state index in [4.69, 9.17) is 15.5 Å². The molecule has 0 unspecified atom stereocenters. The second kappa shape index (κ2) is 7.92. The Morgan fingerprint density at radius 2 is 1.92 bits per heavy atom. The number of nitrogens with zero attached hydrogens (tertiary/aromatic N) is 3. The van der Waals surface area contributed by atoms with E-state index in [2.05, 4.69) is 31.1 Å². The van der Waals surface area contributed by atoms with Gasteiger partial charge < -0.3 is 20.7 Å². The summed E-state index contributed by atoms with van der Waals surface area (Å²) in [6.45, 7) is 6.09. The van der Waals surface area contributed by atoms with Gasteiger partial charge in [-0.1, -0.05) is 15.9 Å². The molecule has 3 aliphatic rings. The van der Waals surface area contributed by atoms with Crippen LogP contribution in [-0.2, 0) is 6.18 Å². The van der Waals surface area contributed by atoms with Crippen LogP contribution in [0, 0.1) is 19.7 Å². The Morgan fingerprint density at radius 1 is 1.17 bits per heavy atom. The highest BCUT2D eigenvalue weighted by Gasteiger charge is 2.47. The van der Waals surface area contributed by atoms with Crippen molar-refractivity contribution in [3.05, 3.63) is 39.2 Å². The number of aromatic nitrogens is 2. The number of rotatable bonds is 1. The van der Waals surface area contributed by atoms with E-state index in [-0.39, 0.29) is 45.7 Å². The maximum absolute atomic E-state index is 16.4. The first kappa shape index (κ1) is 23.7. The van der Waals surface area contributed by atoms with Gasteiger partial charge in [0.05, 0.1) is 17.0 Å². The van der Waals surface area contributed by atoms with E-state index in [1.54, 1.807) is 13.8 Å². The van der Waals surface area contributed by atoms with Crippen molar-refractivity contribution < 1.29 is 22.3 Å². The lowest BCUT2D eigenvalue weighted by molar-refractivity contribution is -0.137. The third kappa shape index (κ3) is 3.38. The Labute approximate surface area is 213 Å². The number of aryl methyl sites for hydroxylation is 2. The first-order valence-electron chi connectivity index (χ1n) is 11.8. The molecule has 2 fully saturated rings. The molecule has 190 valence electrons. The molecule has 36 heavy (non-hydrogen) atoms. The lowest BCUT2D eigenvalue weighted by atomic mass is 9.97. The number of alkyl halides is 3. The number of ether oxygens (including phenoxy) is 1. The average molecular weight is 566 g/mol. The number of nitrogen functional groups attached to an aromatic ring is 1. The molecule has 11 heteroatoms. The largest absolute Gasteiger partial charge is 0.472 e. The molecule has 3 N–H and O–H groups in total. The average Bonchev–Trinajstić information content (AvgIpc) is 3.10. The quantitative estimate of drug-likeness (QED) is 0.299. The molecular formula is C25H24BrF4N5O. The van der Waals surface area contributed by atoms with Crippen molar-refractivity contribution in [2.75, 3.05) is 17.2 Å². The lowest BCUT2D eigenvalue weighted by Crippen LogP contribution is -2.62. The predicted octanol–water partition coefficient (Wildman–Crippen LogP) is 5.51. The molecule has 0 aliphatic carbocycles. The number of nitrogens with two attached hydrogens (primary N) is 1. The molecule has 0 amide bonds. The monoisotopic (exact) mass is 565 g/mol. The second-order valence-corrected chi connectivity index (χ2v) is 10.8. The number of hydrogen-bond acceptors (Lipinski definition) is 6. The van der Waals surface area contributed by atoms with E-state index < -0.39 is 28.8 Å². The number of nitrogens with one attached hydrogen (secondary N) is 1. The third-order valence-corrected chi connectivity index (χ3v) is 8.31. The van der Waals surface area contributed by atoms with Crippen LogP contribution in [0.5, 0.6) is 5.88 Å². The zero-order valence-electron chi connectivity index (χ0n) is 19.8. The Balaban J connectivity index is 1.69. The summed E-state index contributed by atoms with van der Waals surface area (Å²) in [5, 5.41) is 4.19. The van der Waals surface area contributed by atoms with Crippen LogP contribution in [-0.4, -0.2) is 40.7 Å². The highest BCUT2D eigenvalue weighted by Crippen LogP contribution is 2.48. The Hall–Kier alpha value is -2.66. The van der Waals surface area contributed by atoms with Crippen molar-refractivity contribution in [1.82, 2.24) is 15.3 Å². The van der Waals surface area contributed by atoms with E-state index in [1.165, 1.54) is 0 Å². The SMILES string of the molecule is Cc1nc2c3c(nc(-c4cc(N)cc(Br)c4C(F)(F)F)c(F)c3c1C)O[C@@H](C)[C@@H]1[C@@H]3CC[C@H](CN21)N3. The topological polar surface area (TPSA) is 76.3 Å². The van der Waals surface area contributed by atoms with Crippen LogP contribution < -0.4 is 20.7 Å². The summed E-state index contributed by atoms with van der Waals surface area (Å²) in [4.78, 5) is 11.4. The van der Waals surface area contributed by atoms with Crippen molar-refractivity contribution in [3.63, 3.8) is 0 Å². The number of fused-ring (bicyclic) bond motifs is 5. The van der Waals surface area contributed by atoms with Crippen LogP contribution in [0.3, 0.4) is 0 Å². The van der Waals surface area contributed by atoms with Gasteiger partial charge in [0.25, 0.3) is 0 Å². The van der Waals surface area contributed by atoms with Crippen LogP contribution in [0.15, 0.2) is 16.6 Å². The number of piperazine rings is 1.